The molecule has 8 nitrogen and oxygen atoms in total. The van der Waals surface area contributed by atoms with Gasteiger partial charge < -0.3 is 5.11 Å². The van der Waals surface area contributed by atoms with Gasteiger partial charge in [0.1, 0.15) is 17.9 Å². The molecule has 170 valence electrons. The van der Waals surface area contributed by atoms with E-state index in [0.717, 1.165) is 17.0 Å². The fourth-order valence-electron chi connectivity index (χ4n) is 4.01. The van der Waals surface area contributed by atoms with Crippen molar-refractivity contribution in [3.05, 3.63) is 99.7 Å². The van der Waals surface area contributed by atoms with Gasteiger partial charge in [-0.1, -0.05) is 55.0 Å². The lowest BCUT2D eigenvalue weighted by molar-refractivity contribution is 0.137. The van der Waals surface area contributed by atoms with E-state index in [-0.39, 0.29) is 11.5 Å². The van der Waals surface area contributed by atoms with E-state index < -0.39 is 11.8 Å². The van der Waals surface area contributed by atoms with Gasteiger partial charge in [0.15, 0.2) is 0 Å². The molecule has 0 aliphatic heterocycles. The van der Waals surface area contributed by atoms with Gasteiger partial charge in [-0.15, -0.1) is 0 Å². The number of H-pyrrole nitrogens is 1. The fourth-order valence-corrected chi connectivity index (χ4v) is 4.01. The van der Waals surface area contributed by atoms with Gasteiger partial charge in [-0.25, -0.2) is 9.67 Å². The molecule has 0 amide bonds. The Labute approximate surface area is 196 Å². The summed E-state index contributed by atoms with van der Waals surface area (Å²) in [4.78, 5) is 18.3. The van der Waals surface area contributed by atoms with Crippen molar-refractivity contribution < 1.29 is 5.11 Å². The molecule has 2 aromatic heterocycles. The third-order valence-electron chi connectivity index (χ3n) is 6.32. The standard InChI is InChI=1S/C26H24N6O2/c27-12-22-14-29-26(31-25(22)34)32-16-23(15-30-32)24(33)28-13-17-4-6-19(7-5-17)21-10-8-20(9-11-21)18-2-1-3-18/h4-11,14-16,18,24,28,33H,1-3,13H2,(H,29,31,34). The first-order valence-corrected chi connectivity index (χ1v) is 11.3. The molecular weight excluding hydrogens is 428 g/mol. The Hall–Kier alpha value is -4.06. The molecule has 2 heterocycles. The van der Waals surface area contributed by atoms with Crippen molar-refractivity contribution >= 4 is 0 Å². The third kappa shape index (κ3) is 4.53. The fraction of sp³-hybridized carbons (Fsp3) is 0.231. The number of nitriles is 1. The number of nitrogens with one attached hydrogen (secondary N) is 2. The number of benzene rings is 2. The highest BCUT2D eigenvalue weighted by atomic mass is 16.3. The highest BCUT2D eigenvalue weighted by Crippen LogP contribution is 2.36. The predicted octanol–water partition coefficient (Wildman–Crippen LogP) is 3.54. The Kier molecular flexibility index (Phi) is 6.04. The second kappa shape index (κ2) is 9.43. The molecular formula is C26H24N6O2. The summed E-state index contributed by atoms with van der Waals surface area (Å²) in [5.41, 5.74) is 4.75. The van der Waals surface area contributed by atoms with Crippen LogP contribution in [0.3, 0.4) is 0 Å². The number of aliphatic hydroxyl groups is 1. The van der Waals surface area contributed by atoms with Crippen LogP contribution in [0.25, 0.3) is 17.1 Å². The largest absolute Gasteiger partial charge is 0.374 e. The van der Waals surface area contributed by atoms with Crippen LogP contribution in [-0.2, 0) is 6.54 Å². The first-order valence-electron chi connectivity index (χ1n) is 11.3. The maximum atomic E-state index is 11.8. The van der Waals surface area contributed by atoms with Gasteiger partial charge in [0, 0.05) is 18.3 Å². The van der Waals surface area contributed by atoms with Crippen molar-refractivity contribution in [3.63, 3.8) is 0 Å². The first kappa shape index (κ1) is 21.8. The van der Waals surface area contributed by atoms with Crippen LogP contribution in [0.5, 0.6) is 0 Å². The number of rotatable bonds is 7. The van der Waals surface area contributed by atoms with Gasteiger partial charge in [0.25, 0.3) is 5.56 Å². The zero-order valence-corrected chi connectivity index (χ0v) is 18.5. The molecule has 1 aliphatic rings. The van der Waals surface area contributed by atoms with Crippen LogP contribution in [-0.4, -0.2) is 24.9 Å². The van der Waals surface area contributed by atoms with E-state index in [1.54, 1.807) is 12.3 Å². The maximum Gasteiger partial charge on any atom is 0.270 e. The quantitative estimate of drug-likeness (QED) is 0.369. The molecule has 1 unspecified atom stereocenters. The van der Waals surface area contributed by atoms with Crippen LogP contribution in [0.1, 0.15) is 53.7 Å². The molecule has 1 aliphatic carbocycles. The van der Waals surface area contributed by atoms with Gasteiger partial charge in [-0.05, 0) is 41.0 Å². The molecule has 8 heteroatoms. The molecule has 5 rings (SSSR count). The minimum atomic E-state index is -0.947. The van der Waals surface area contributed by atoms with Crippen molar-refractivity contribution in [1.82, 2.24) is 25.1 Å². The van der Waals surface area contributed by atoms with E-state index in [9.17, 15) is 9.90 Å². The van der Waals surface area contributed by atoms with Gasteiger partial charge in [0.2, 0.25) is 5.95 Å². The highest BCUT2D eigenvalue weighted by Gasteiger charge is 2.19. The zero-order valence-electron chi connectivity index (χ0n) is 18.5. The average molecular weight is 453 g/mol. The molecule has 0 saturated heterocycles. The average Bonchev–Trinajstić information content (AvgIpc) is 3.33. The molecule has 3 N–H and O–H groups in total. The van der Waals surface area contributed by atoms with Crippen molar-refractivity contribution in [3.8, 4) is 23.1 Å². The number of aromatic nitrogens is 4. The lowest BCUT2D eigenvalue weighted by Crippen LogP contribution is -2.20. The Balaban J connectivity index is 1.19. The SMILES string of the molecule is N#Cc1cnc(-n2cc(C(O)NCc3ccc(-c4ccc(C5CCC5)cc4)cc3)cn2)[nH]c1=O. The second-order valence-electron chi connectivity index (χ2n) is 8.51. The Morgan fingerprint density at radius 3 is 2.44 bits per heavy atom. The van der Waals surface area contributed by atoms with Crippen LogP contribution in [0, 0.1) is 11.3 Å². The summed E-state index contributed by atoms with van der Waals surface area (Å²) < 4.78 is 1.34. The molecule has 4 aromatic rings. The zero-order chi connectivity index (χ0) is 23.5. The lowest BCUT2D eigenvalue weighted by Gasteiger charge is -2.25. The van der Waals surface area contributed by atoms with Crippen LogP contribution in [0.15, 0.2) is 71.9 Å². The van der Waals surface area contributed by atoms with E-state index in [1.807, 2.05) is 12.1 Å². The van der Waals surface area contributed by atoms with E-state index in [4.69, 9.17) is 5.26 Å². The monoisotopic (exact) mass is 452 g/mol. The topological polar surface area (TPSA) is 120 Å². The number of aromatic amines is 1. The lowest BCUT2D eigenvalue weighted by atomic mass is 9.80. The summed E-state index contributed by atoms with van der Waals surface area (Å²) >= 11 is 0. The number of nitrogens with zero attached hydrogens (tertiary/aromatic N) is 4. The molecule has 2 aromatic carbocycles. The second-order valence-corrected chi connectivity index (χ2v) is 8.51. The Morgan fingerprint density at radius 1 is 1.12 bits per heavy atom. The minimum absolute atomic E-state index is 0.0745. The van der Waals surface area contributed by atoms with Gasteiger partial charge in [0.05, 0.1) is 12.4 Å². The summed E-state index contributed by atoms with van der Waals surface area (Å²) in [5, 5.41) is 26.6. The van der Waals surface area contributed by atoms with E-state index in [1.165, 1.54) is 47.5 Å². The number of hydrogen-bond acceptors (Lipinski definition) is 6. The van der Waals surface area contributed by atoms with Crippen LogP contribution < -0.4 is 10.9 Å². The normalized spacial score (nSPS) is 14.4. The predicted molar refractivity (Wildman–Crippen MR) is 127 cm³/mol. The van der Waals surface area contributed by atoms with Crippen LogP contribution in [0.4, 0.5) is 0 Å². The molecule has 0 spiro atoms. The third-order valence-corrected chi connectivity index (χ3v) is 6.32. The summed E-state index contributed by atoms with van der Waals surface area (Å²) in [6.45, 7) is 0.471. The van der Waals surface area contributed by atoms with Crippen molar-refractivity contribution in [2.45, 2.75) is 38.0 Å². The van der Waals surface area contributed by atoms with Gasteiger partial charge in [-0.3, -0.25) is 15.1 Å². The number of hydrogen-bond donors (Lipinski definition) is 3. The summed E-state index contributed by atoms with van der Waals surface area (Å²) in [5.74, 6) is 0.905. The first-order chi connectivity index (χ1) is 16.6. The molecule has 1 saturated carbocycles. The number of aliphatic hydroxyl groups excluding tert-OH is 1. The Bertz CT molecular complexity index is 1380. The van der Waals surface area contributed by atoms with Crippen molar-refractivity contribution in [2.75, 3.05) is 0 Å². The molecule has 1 atom stereocenters. The highest BCUT2D eigenvalue weighted by molar-refractivity contribution is 5.64. The minimum Gasteiger partial charge on any atom is -0.374 e. The van der Waals surface area contributed by atoms with E-state index >= 15 is 0 Å². The van der Waals surface area contributed by atoms with Crippen LogP contribution in [0.2, 0.25) is 0 Å². The van der Waals surface area contributed by atoms with E-state index in [0.29, 0.717) is 12.1 Å². The summed E-state index contributed by atoms with van der Waals surface area (Å²) in [7, 11) is 0. The molecule has 1 fully saturated rings. The smallest absolute Gasteiger partial charge is 0.270 e. The van der Waals surface area contributed by atoms with Crippen LogP contribution >= 0.6 is 0 Å². The molecule has 0 radical (unpaired) electrons. The Morgan fingerprint density at radius 2 is 1.82 bits per heavy atom. The van der Waals surface area contributed by atoms with Crippen molar-refractivity contribution in [1.29, 1.82) is 5.26 Å². The molecule has 34 heavy (non-hydrogen) atoms. The summed E-state index contributed by atoms with van der Waals surface area (Å²) in [6.07, 6.45) is 7.26. The summed E-state index contributed by atoms with van der Waals surface area (Å²) in [6, 6.07) is 18.9. The van der Waals surface area contributed by atoms with Gasteiger partial charge in [-0.2, -0.15) is 10.4 Å². The van der Waals surface area contributed by atoms with Gasteiger partial charge >= 0.3 is 0 Å². The van der Waals surface area contributed by atoms with Crippen molar-refractivity contribution in [2.24, 2.45) is 0 Å². The van der Waals surface area contributed by atoms with E-state index in [2.05, 4.69) is 56.8 Å². The molecule has 0 bridgehead atoms. The maximum absolute atomic E-state index is 11.8.